The Morgan fingerprint density at radius 3 is 2.46 bits per heavy atom. The summed E-state index contributed by atoms with van der Waals surface area (Å²) in [6, 6.07) is 0. The third kappa shape index (κ3) is 2.57. The van der Waals surface area contributed by atoms with Crippen LogP contribution in [0.25, 0.3) is 0 Å². The summed E-state index contributed by atoms with van der Waals surface area (Å²) in [6.45, 7) is 1.38. The van der Waals surface area contributed by atoms with Crippen molar-refractivity contribution in [3.05, 3.63) is 0 Å². The number of carbonyl (C=O) groups is 1. The summed E-state index contributed by atoms with van der Waals surface area (Å²) < 4.78 is 0. The van der Waals surface area contributed by atoms with E-state index in [1.54, 1.807) is 7.05 Å². The molecule has 1 aliphatic heterocycles. The lowest BCUT2D eigenvalue weighted by Gasteiger charge is -2.36. The number of likely N-dealkylation sites (tertiary alicyclic amines) is 1. The molecule has 1 rings (SSSR count). The molecule has 0 unspecified atom stereocenters. The number of rotatable bonds is 2. The molecule has 0 atom stereocenters. The number of likely N-dealkylation sites (N-methyl/N-ethyl adjacent to an activating group) is 1. The van der Waals surface area contributed by atoms with Crippen LogP contribution in [-0.4, -0.2) is 53.5 Å². The van der Waals surface area contributed by atoms with Gasteiger partial charge in [0.15, 0.2) is 0 Å². The van der Waals surface area contributed by atoms with Gasteiger partial charge in [-0.2, -0.15) is 0 Å². The van der Waals surface area contributed by atoms with Crippen molar-refractivity contribution < 1.29 is 15.0 Å². The fraction of sp³-hybridized carbons (Fsp3) is 0.875. The molecule has 0 aromatic carbocycles. The second kappa shape index (κ2) is 3.93. The van der Waals surface area contributed by atoms with Gasteiger partial charge >= 0.3 is 6.09 Å². The number of amides is 1. The molecule has 0 saturated carbocycles. The van der Waals surface area contributed by atoms with E-state index in [0.717, 1.165) is 0 Å². The summed E-state index contributed by atoms with van der Waals surface area (Å²) in [6.07, 6.45) is 0.131. The van der Waals surface area contributed by atoms with Crippen LogP contribution in [0.5, 0.6) is 0 Å². The third-order valence-electron chi connectivity index (χ3n) is 2.47. The molecule has 0 spiro atoms. The van der Waals surface area contributed by atoms with Crippen LogP contribution >= 0.6 is 0 Å². The zero-order chi connectivity index (χ0) is 9.90. The Labute approximate surface area is 77.3 Å². The maximum Gasteiger partial charge on any atom is 0.407 e. The highest BCUT2D eigenvalue weighted by atomic mass is 16.4. The number of hydrogen-bond donors (Lipinski definition) is 3. The fourth-order valence-electron chi connectivity index (χ4n) is 1.62. The standard InChI is InChI=1S/C8H16N2O3/c1-9-6-8(13)2-4-10(5-3-8)7(11)12/h9,13H,2-6H2,1H3,(H,11,12). The van der Waals surface area contributed by atoms with E-state index < -0.39 is 11.7 Å². The van der Waals surface area contributed by atoms with Crippen LogP contribution in [0.3, 0.4) is 0 Å². The number of carboxylic acid groups (broad SMARTS) is 1. The predicted octanol–water partition coefficient (Wildman–Crippen LogP) is -0.289. The number of piperidine rings is 1. The number of hydrogen-bond acceptors (Lipinski definition) is 3. The largest absolute Gasteiger partial charge is 0.465 e. The van der Waals surface area contributed by atoms with Gasteiger partial charge in [-0.1, -0.05) is 0 Å². The maximum absolute atomic E-state index is 10.6. The number of nitrogens with one attached hydrogen (secondary N) is 1. The Balaban J connectivity index is 2.41. The SMILES string of the molecule is CNCC1(O)CCN(C(=O)O)CC1. The van der Waals surface area contributed by atoms with Crippen LogP contribution < -0.4 is 5.32 Å². The lowest BCUT2D eigenvalue weighted by Crippen LogP contribution is -2.50. The molecule has 0 aromatic rings. The summed E-state index contributed by atoms with van der Waals surface area (Å²) in [5.41, 5.74) is -0.722. The monoisotopic (exact) mass is 188 g/mol. The van der Waals surface area contributed by atoms with Crippen LogP contribution in [0.4, 0.5) is 4.79 Å². The van der Waals surface area contributed by atoms with Gasteiger partial charge in [-0.05, 0) is 19.9 Å². The van der Waals surface area contributed by atoms with Crippen molar-refractivity contribution in [2.75, 3.05) is 26.7 Å². The minimum absolute atomic E-state index is 0.424. The first-order valence-corrected chi connectivity index (χ1v) is 4.42. The van der Waals surface area contributed by atoms with Crippen molar-refractivity contribution in [3.63, 3.8) is 0 Å². The van der Waals surface area contributed by atoms with Gasteiger partial charge in [0.2, 0.25) is 0 Å². The summed E-state index contributed by atoms with van der Waals surface area (Å²) >= 11 is 0. The van der Waals surface area contributed by atoms with E-state index in [2.05, 4.69) is 5.32 Å². The van der Waals surface area contributed by atoms with Gasteiger partial charge in [-0.25, -0.2) is 4.79 Å². The average molecular weight is 188 g/mol. The highest BCUT2D eigenvalue weighted by molar-refractivity contribution is 5.65. The van der Waals surface area contributed by atoms with Crippen molar-refractivity contribution in [3.8, 4) is 0 Å². The first-order chi connectivity index (χ1) is 6.07. The van der Waals surface area contributed by atoms with Gasteiger partial charge in [0.1, 0.15) is 0 Å². The van der Waals surface area contributed by atoms with E-state index in [0.29, 0.717) is 32.5 Å². The molecule has 0 radical (unpaired) electrons. The number of aliphatic hydroxyl groups is 1. The van der Waals surface area contributed by atoms with Gasteiger partial charge in [0.05, 0.1) is 5.60 Å². The van der Waals surface area contributed by atoms with E-state index in [4.69, 9.17) is 5.11 Å². The molecular weight excluding hydrogens is 172 g/mol. The molecule has 1 aliphatic rings. The first kappa shape index (κ1) is 10.3. The third-order valence-corrected chi connectivity index (χ3v) is 2.47. The summed E-state index contributed by atoms with van der Waals surface area (Å²) in [5, 5.41) is 21.5. The average Bonchev–Trinajstić information content (AvgIpc) is 2.05. The second-order valence-corrected chi connectivity index (χ2v) is 3.52. The van der Waals surface area contributed by atoms with Crippen LogP contribution in [0, 0.1) is 0 Å². The summed E-state index contributed by atoms with van der Waals surface area (Å²) in [5.74, 6) is 0. The maximum atomic E-state index is 10.6. The normalized spacial score (nSPS) is 21.5. The minimum Gasteiger partial charge on any atom is -0.465 e. The highest BCUT2D eigenvalue weighted by Crippen LogP contribution is 2.21. The zero-order valence-corrected chi connectivity index (χ0v) is 7.79. The first-order valence-electron chi connectivity index (χ1n) is 4.42. The van der Waals surface area contributed by atoms with Crippen LogP contribution in [0.1, 0.15) is 12.8 Å². The lowest BCUT2D eigenvalue weighted by atomic mass is 9.92. The molecule has 5 heteroatoms. The van der Waals surface area contributed by atoms with Gasteiger partial charge in [0.25, 0.3) is 0 Å². The molecule has 13 heavy (non-hydrogen) atoms. The molecular formula is C8H16N2O3. The molecule has 0 bridgehead atoms. The fourth-order valence-corrected chi connectivity index (χ4v) is 1.62. The second-order valence-electron chi connectivity index (χ2n) is 3.52. The van der Waals surface area contributed by atoms with Gasteiger partial charge in [-0.3, -0.25) is 0 Å². The van der Waals surface area contributed by atoms with Gasteiger partial charge in [-0.15, -0.1) is 0 Å². The molecule has 76 valence electrons. The van der Waals surface area contributed by atoms with Gasteiger partial charge in [0, 0.05) is 19.6 Å². The van der Waals surface area contributed by atoms with E-state index >= 15 is 0 Å². The Morgan fingerprint density at radius 1 is 1.54 bits per heavy atom. The quantitative estimate of drug-likeness (QED) is 0.557. The molecule has 5 nitrogen and oxygen atoms in total. The molecule has 0 aliphatic carbocycles. The van der Waals surface area contributed by atoms with Crippen molar-refractivity contribution >= 4 is 6.09 Å². The van der Waals surface area contributed by atoms with Crippen molar-refractivity contribution in [2.45, 2.75) is 18.4 Å². The number of nitrogens with zero attached hydrogens (tertiary/aromatic N) is 1. The van der Waals surface area contributed by atoms with Crippen LogP contribution in [0.2, 0.25) is 0 Å². The van der Waals surface area contributed by atoms with Crippen molar-refractivity contribution in [1.82, 2.24) is 10.2 Å². The molecule has 0 aromatic heterocycles. The summed E-state index contributed by atoms with van der Waals surface area (Å²) in [4.78, 5) is 11.9. The zero-order valence-electron chi connectivity index (χ0n) is 7.79. The molecule has 1 amide bonds. The van der Waals surface area contributed by atoms with Gasteiger partial charge < -0.3 is 20.4 Å². The highest BCUT2D eigenvalue weighted by Gasteiger charge is 2.32. The van der Waals surface area contributed by atoms with Crippen molar-refractivity contribution in [1.29, 1.82) is 0 Å². The van der Waals surface area contributed by atoms with Crippen molar-refractivity contribution in [2.24, 2.45) is 0 Å². The Kier molecular flexibility index (Phi) is 3.11. The molecule has 1 fully saturated rings. The topological polar surface area (TPSA) is 72.8 Å². The minimum atomic E-state index is -0.897. The smallest absolute Gasteiger partial charge is 0.407 e. The van der Waals surface area contributed by atoms with E-state index in [1.807, 2.05) is 0 Å². The van der Waals surface area contributed by atoms with E-state index in [9.17, 15) is 9.90 Å². The molecule has 1 heterocycles. The lowest BCUT2D eigenvalue weighted by molar-refractivity contribution is -0.0142. The Hall–Kier alpha value is -0.810. The Morgan fingerprint density at radius 2 is 2.08 bits per heavy atom. The molecule has 3 N–H and O–H groups in total. The molecule has 1 saturated heterocycles. The Bertz CT molecular complexity index is 188. The van der Waals surface area contributed by atoms with Crippen LogP contribution in [-0.2, 0) is 0 Å². The predicted molar refractivity (Wildman–Crippen MR) is 47.7 cm³/mol. The van der Waals surface area contributed by atoms with E-state index in [-0.39, 0.29) is 0 Å². The summed E-state index contributed by atoms with van der Waals surface area (Å²) in [7, 11) is 1.78. The van der Waals surface area contributed by atoms with Crippen LogP contribution in [0.15, 0.2) is 0 Å². The van der Waals surface area contributed by atoms with E-state index in [1.165, 1.54) is 4.90 Å².